The summed E-state index contributed by atoms with van der Waals surface area (Å²) in [4.78, 5) is 0. The third kappa shape index (κ3) is 4.59. The van der Waals surface area contributed by atoms with Crippen molar-refractivity contribution in [3.63, 3.8) is 0 Å². The Kier molecular flexibility index (Phi) is 11.6. The van der Waals surface area contributed by atoms with Gasteiger partial charge in [-0.1, -0.05) is 0 Å². The van der Waals surface area contributed by atoms with Gasteiger partial charge >= 0.3 is 149 Å². The number of rotatable bonds is 10. The van der Waals surface area contributed by atoms with E-state index >= 15 is 0 Å². The minimum atomic E-state index is 0. The van der Waals surface area contributed by atoms with E-state index in [0.717, 1.165) is 0 Å². The quantitative estimate of drug-likeness (QED) is 0.278. The van der Waals surface area contributed by atoms with Gasteiger partial charge in [0.05, 0.1) is 0 Å². The molecule has 2 heteroatoms. The zero-order valence-electron chi connectivity index (χ0n) is 15.5. The van der Waals surface area contributed by atoms with E-state index in [1.807, 2.05) is 20.0 Å². The summed E-state index contributed by atoms with van der Waals surface area (Å²) in [6.07, 6.45) is 13.4. The summed E-state index contributed by atoms with van der Waals surface area (Å²) in [7, 11) is 0. The Bertz CT molecular complexity index is 387. The van der Waals surface area contributed by atoms with Crippen LogP contribution in [-0.2, 0) is 24.4 Å². The van der Waals surface area contributed by atoms with Crippen molar-refractivity contribution in [3.8, 4) is 0 Å². The molecule has 0 bridgehead atoms. The third-order valence-electron chi connectivity index (χ3n) is 4.94. The molecule has 0 spiro atoms. The molecule has 0 N–H and O–H groups in total. The largest absolute Gasteiger partial charge is 0.147 e. The van der Waals surface area contributed by atoms with Crippen molar-refractivity contribution in [1.82, 2.24) is 0 Å². The predicted octanol–water partition coefficient (Wildman–Crippen LogP) is 7.51. The molecule has 0 amide bonds. The van der Waals surface area contributed by atoms with Crippen molar-refractivity contribution in [2.75, 3.05) is 0 Å². The van der Waals surface area contributed by atoms with Gasteiger partial charge < -0.3 is 0 Å². The molecule has 0 aromatic heterocycles. The molecular weight excluding hydrogens is 454 g/mol. The van der Waals surface area contributed by atoms with Crippen LogP contribution >= 0.6 is 12.4 Å². The van der Waals surface area contributed by atoms with Crippen molar-refractivity contribution in [3.05, 3.63) is 20.0 Å². The summed E-state index contributed by atoms with van der Waals surface area (Å²) in [6.45, 7) is 11.8. The predicted molar refractivity (Wildman–Crippen MR) is 98.3 cm³/mol. The Balaban J connectivity index is 0.00000441. The van der Waals surface area contributed by atoms with Crippen LogP contribution in [0.5, 0.6) is 0 Å². The molecule has 22 heavy (non-hydrogen) atoms. The number of allylic oxidation sites excluding steroid dienone is 4. The fourth-order valence-corrected chi connectivity index (χ4v) is 6.74. The molecule has 0 aromatic rings. The van der Waals surface area contributed by atoms with Crippen LogP contribution in [-0.4, -0.2) is 0 Å². The molecule has 0 aromatic carbocycles. The number of halogens is 1. The summed E-state index contributed by atoms with van der Waals surface area (Å²) in [5, 5.41) is 0. The summed E-state index contributed by atoms with van der Waals surface area (Å²) in [5.41, 5.74) is 5.99. The van der Waals surface area contributed by atoms with Gasteiger partial charge in [-0.25, -0.2) is 0 Å². The molecule has 1 aliphatic rings. The van der Waals surface area contributed by atoms with Crippen LogP contribution in [0.2, 0.25) is 0 Å². The first-order chi connectivity index (χ1) is 10.1. The second-order valence-electron chi connectivity index (χ2n) is 6.64. The molecule has 0 atom stereocenters. The van der Waals surface area contributed by atoms with Crippen LogP contribution < -0.4 is 0 Å². The maximum atomic E-state index is 2.38. The molecule has 0 aliphatic heterocycles. The topological polar surface area (TPSA) is 0 Å². The van der Waals surface area contributed by atoms with Gasteiger partial charge in [0.15, 0.2) is 0 Å². The van der Waals surface area contributed by atoms with Crippen molar-refractivity contribution < 1.29 is 24.4 Å². The monoisotopic (exact) mass is 491 g/mol. The van der Waals surface area contributed by atoms with Crippen molar-refractivity contribution in [2.45, 2.75) is 98.8 Å². The first-order valence-electron chi connectivity index (χ1n) is 9.30. The van der Waals surface area contributed by atoms with E-state index in [0.29, 0.717) is 5.41 Å². The minimum Gasteiger partial charge on any atom is -0.147 e. The summed E-state index contributed by atoms with van der Waals surface area (Å²) < 4.78 is 1.89. The van der Waals surface area contributed by atoms with Crippen molar-refractivity contribution in [2.24, 2.45) is 5.41 Å². The molecule has 0 fully saturated rings. The van der Waals surface area contributed by atoms with E-state index < -0.39 is 0 Å². The van der Waals surface area contributed by atoms with Crippen LogP contribution in [0, 0.1) is 5.41 Å². The van der Waals surface area contributed by atoms with Gasteiger partial charge in [-0.3, -0.25) is 0 Å². The maximum absolute atomic E-state index is 2.38. The van der Waals surface area contributed by atoms with Crippen LogP contribution in [0.3, 0.4) is 0 Å². The van der Waals surface area contributed by atoms with E-state index in [4.69, 9.17) is 0 Å². The molecule has 0 unspecified atom stereocenters. The van der Waals surface area contributed by atoms with Crippen LogP contribution in [0.4, 0.5) is 0 Å². The smallest absolute Gasteiger partial charge is 0.147 e. The van der Waals surface area contributed by atoms with Gasteiger partial charge in [0, 0.05) is 0 Å². The fourth-order valence-electron chi connectivity index (χ4n) is 4.31. The molecule has 0 saturated carbocycles. The molecule has 1 rings (SSSR count). The molecule has 0 nitrogen and oxygen atoms in total. The fraction of sp³-hybridized carbons (Fsp3) is 0.800. The molecular formula is C20H36ClHf. The standard InChI is InChI=1S/C20H35.ClH.Hf/c1-6-11-17-16-20(14-9-4,15-10-5)19(13-8-3)18(17)12-7-2;;/h6-15H2,1-5H3;1H;. The van der Waals surface area contributed by atoms with Gasteiger partial charge in [-0.05, 0) is 0 Å². The number of hydrogen-bond donors (Lipinski definition) is 0. The van der Waals surface area contributed by atoms with Gasteiger partial charge in [-0.15, -0.1) is 12.4 Å². The van der Waals surface area contributed by atoms with Gasteiger partial charge in [0.25, 0.3) is 0 Å². The van der Waals surface area contributed by atoms with E-state index in [1.54, 1.807) is 0 Å². The molecule has 0 saturated heterocycles. The maximum Gasteiger partial charge on any atom is -0.147 e. The SMILES string of the molecule is CCCC1=[C]([Hf])C(CCC)(CCC)C(CCC)=C1CCC.Cl. The molecule has 1 aliphatic carbocycles. The van der Waals surface area contributed by atoms with Crippen LogP contribution in [0.15, 0.2) is 20.0 Å². The number of hydrogen-bond acceptors (Lipinski definition) is 0. The Morgan fingerprint density at radius 2 is 1.14 bits per heavy atom. The van der Waals surface area contributed by atoms with E-state index in [9.17, 15) is 0 Å². The Morgan fingerprint density at radius 3 is 1.55 bits per heavy atom. The van der Waals surface area contributed by atoms with Crippen LogP contribution in [0.25, 0.3) is 0 Å². The average molecular weight is 490 g/mol. The van der Waals surface area contributed by atoms with E-state index in [2.05, 4.69) is 34.6 Å². The summed E-state index contributed by atoms with van der Waals surface area (Å²) in [5.74, 6) is 0. The first-order valence-corrected chi connectivity index (χ1v) is 11.1. The Hall–Kier alpha value is 0.640. The van der Waals surface area contributed by atoms with E-state index in [-0.39, 0.29) is 12.4 Å². The second kappa shape index (κ2) is 11.2. The second-order valence-corrected chi connectivity index (χ2v) is 8.44. The van der Waals surface area contributed by atoms with Crippen LogP contribution in [0.1, 0.15) is 98.8 Å². The third-order valence-corrected chi connectivity index (χ3v) is 7.74. The van der Waals surface area contributed by atoms with E-state index in [1.165, 1.54) is 88.6 Å². The summed E-state index contributed by atoms with van der Waals surface area (Å²) >= 11 is 1.26. The zero-order chi connectivity index (χ0) is 15.9. The summed E-state index contributed by atoms with van der Waals surface area (Å²) in [6, 6.07) is 0. The van der Waals surface area contributed by atoms with Gasteiger partial charge in [0.2, 0.25) is 0 Å². The normalized spacial score (nSPS) is 17.1. The Labute approximate surface area is 160 Å². The zero-order valence-corrected chi connectivity index (χ0v) is 19.9. The van der Waals surface area contributed by atoms with Crippen molar-refractivity contribution in [1.29, 1.82) is 0 Å². The van der Waals surface area contributed by atoms with Gasteiger partial charge in [0.1, 0.15) is 0 Å². The molecule has 0 radical (unpaired) electrons. The van der Waals surface area contributed by atoms with Gasteiger partial charge in [-0.2, -0.15) is 0 Å². The molecule has 0 heterocycles. The Morgan fingerprint density at radius 1 is 0.682 bits per heavy atom. The molecule has 127 valence electrons. The van der Waals surface area contributed by atoms with Crippen molar-refractivity contribution >= 4 is 12.4 Å². The minimum absolute atomic E-state index is 0. The first kappa shape index (κ1) is 22.6. The average Bonchev–Trinajstić information content (AvgIpc) is 2.65.